The lowest BCUT2D eigenvalue weighted by molar-refractivity contribution is -0.275. The van der Waals surface area contributed by atoms with Crippen LogP contribution >= 0.6 is 0 Å². The molecule has 0 saturated heterocycles. The van der Waals surface area contributed by atoms with E-state index in [9.17, 15) is 17.6 Å². The van der Waals surface area contributed by atoms with Gasteiger partial charge in [-0.25, -0.2) is 4.39 Å². The zero-order valence-electron chi connectivity index (χ0n) is 11.9. The summed E-state index contributed by atoms with van der Waals surface area (Å²) in [7, 11) is 0. The number of ether oxygens (including phenoxy) is 1. The van der Waals surface area contributed by atoms with Crippen LogP contribution in [-0.4, -0.2) is 6.36 Å². The van der Waals surface area contributed by atoms with Crippen molar-refractivity contribution in [3.05, 3.63) is 40.7 Å². The van der Waals surface area contributed by atoms with Gasteiger partial charge in [0, 0.05) is 0 Å². The topological polar surface area (TPSA) is 9.23 Å². The number of rotatable bonds is 5. The van der Waals surface area contributed by atoms with Crippen molar-refractivity contribution in [3.63, 3.8) is 0 Å². The molecule has 1 nitrogen and oxygen atoms in total. The molecule has 0 unspecified atom stereocenters. The van der Waals surface area contributed by atoms with Gasteiger partial charge >= 0.3 is 6.36 Å². The molecular weight excluding hydrogens is 284 g/mol. The Bertz CT molecular complexity index is 532. The molecule has 0 bridgehead atoms. The van der Waals surface area contributed by atoms with E-state index in [-0.39, 0.29) is 0 Å². The Morgan fingerprint density at radius 1 is 1.19 bits per heavy atom. The van der Waals surface area contributed by atoms with Crippen LogP contribution in [0.5, 0.6) is 5.75 Å². The van der Waals surface area contributed by atoms with Crippen molar-refractivity contribution in [3.8, 4) is 5.75 Å². The van der Waals surface area contributed by atoms with Gasteiger partial charge in [-0.15, -0.1) is 13.2 Å². The number of hydrogen-bond acceptors (Lipinski definition) is 1. The SMILES string of the molecule is CCCCCC1=CCc2c(ccc(OC(F)(F)F)c2F)C1. The Kier molecular flexibility index (Phi) is 4.91. The lowest BCUT2D eigenvalue weighted by atomic mass is 9.88. The maximum atomic E-state index is 14.1. The number of benzene rings is 1. The predicted molar refractivity (Wildman–Crippen MR) is 72.7 cm³/mol. The van der Waals surface area contributed by atoms with Crippen LogP contribution in [0.2, 0.25) is 0 Å². The molecule has 0 radical (unpaired) electrons. The molecule has 1 aromatic carbocycles. The van der Waals surface area contributed by atoms with Gasteiger partial charge in [-0.2, -0.15) is 0 Å². The van der Waals surface area contributed by atoms with Crippen molar-refractivity contribution in [2.75, 3.05) is 0 Å². The fourth-order valence-corrected chi connectivity index (χ4v) is 2.59. The van der Waals surface area contributed by atoms with E-state index in [1.807, 2.05) is 6.08 Å². The van der Waals surface area contributed by atoms with Crippen LogP contribution in [0.25, 0.3) is 0 Å². The minimum Gasteiger partial charge on any atom is -0.403 e. The summed E-state index contributed by atoms with van der Waals surface area (Å²) in [5.41, 5.74) is 2.31. The number of allylic oxidation sites excluding steroid dienone is 2. The van der Waals surface area contributed by atoms with Crippen molar-refractivity contribution in [2.45, 2.75) is 51.8 Å². The van der Waals surface area contributed by atoms with Crippen molar-refractivity contribution in [1.82, 2.24) is 0 Å². The van der Waals surface area contributed by atoms with Crippen molar-refractivity contribution in [1.29, 1.82) is 0 Å². The van der Waals surface area contributed by atoms with Gasteiger partial charge in [0.25, 0.3) is 0 Å². The summed E-state index contributed by atoms with van der Waals surface area (Å²) in [5, 5.41) is 0. The second-order valence-corrected chi connectivity index (χ2v) is 5.26. The molecular formula is C16H18F4O. The molecule has 0 N–H and O–H groups in total. The number of unbranched alkanes of at least 4 members (excludes halogenated alkanes) is 2. The standard InChI is InChI=1S/C16H18F4O/c1-2-3-4-5-11-6-8-13-12(10-11)7-9-14(15(13)17)21-16(18,19)20/h6-7,9H,2-5,8,10H2,1H3. The summed E-state index contributed by atoms with van der Waals surface area (Å²) in [6.07, 6.45) is 2.35. The Hall–Kier alpha value is -1.52. The van der Waals surface area contributed by atoms with E-state index in [0.717, 1.165) is 37.3 Å². The quantitative estimate of drug-likeness (QED) is 0.406. The molecule has 0 aromatic heterocycles. The maximum Gasteiger partial charge on any atom is 0.573 e. The second kappa shape index (κ2) is 6.50. The minimum absolute atomic E-state index is 0.316. The fourth-order valence-electron chi connectivity index (χ4n) is 2.59. The molecule has 1 aromatic rings. The van der Waals surface area contributed by atoms with Crippen LogP contribution in [0.4, 0.5) is 17.6 Å². The van der Waals surface area contributed by atoms with Crippen LogP contribution in [0.1, 0.15) is 43.7 Å². The third-order valence-corrected chi connectivity index (χ3v) is 3.64. The first-order valence-electron chi connectivity index (χ1n) is 7.14. The molecule has 0 aliphatic heterocycles. The normalized spacial score (nSPS) is 14.6. The summed E-state index contributed by atoms with van der Waals surface area (Å²) in [4.78, 5) is 0. The van der Waals surface area contributed by atoms with E-state index in [2.05, 4.69) is 11.7 Å². The van der Waals surface area contributed by atoms with E-state index in [1.165, 1.54) is 11.6 Å². The van der Waals surface area contributed by atoms with Gasteiger partial charge in [0.2, 0.25) is 0 Å². The molecule has 1 aliphatic carbocycles. The number of alkyl halides is 3. The highest BCUT2D eigenvalue weighted by molar-refractivity contribution is 5.43. The van der Waals surface area contributed by atoms with Gasteiger partial charge in [-0.1, -0.05) is 37.5 Å². The van der Waals surface area contributed by atoms with Crippen LogP contribution in [0, 0.1) is 5.82 Å². The summed E-state index contributed by atoms with van der Waals surface area (Å²) >= 11 is 0. The first-order chi connectivity index (χ1) is 9.90. The largest absolute Gasteiger partial charge is 0.573 e. The average Bonchev–Trinajstić information content (AvgIpc) is 2.41. The predicted octanol–water partition coefficient (Wildman–Crippen LogP) is 5.33. The van der Waals surface area contributed by atoms with Gasteiger partial charge in [-0.3, -0.25) is 0 Å². The fraction of sp³-hybridized carbons (Fsp3) is 0.500. The smallest absolute Gasteiger partial charge is 0.403 e. The van der Waals surface area contributed by atoms with E-state index >= 15 is 0 Å². The Morgan fingerprint density at radius 3 is 2.62 bits per heavy atom. The zero-order valence-corrected chi connectivity index (χ0v) is 11.9. The van der Waals surface area contributed by atoms with E-state index < -0.39 is 17.9 Å². The molecule has 2 rings (SSSR count). The van der Waals surface area contributed by atoms with E-state index in [0.29, 0.717) is 18.4 Å². The highest BCUT2D eigenvalue weighted by Crippen LogP contribution is 2.33. The highest BCUT2D eigenvalue weighted by atomic mass is 19.4. The molecule has 0 heterocycles. The minimum atomic E-state index is -4.87. The lowest BCUT2D eigenvalue weighted by Gasteiger charge is -2.20. The Labute approximate surface area is 121 Å². The van der Waals surface area contributed by atoms with Crippen molar-refractivity contribution < 1.29 is 22.3 Å². The Morgan fingerprint density at radius 2 is 1.95 bits per heavy atom. The maximum absolute atomic E-state index is 14.1. The van der Waals surface area contributed by atoms with Gasteiger partial charge < -0.3 is 4.74 Å². The monoisotopic (exact) mass is 302 g/mol. The number of halogens is 4. The third-order valence-electron chi connectivity index (χ3n) is 3.64. The molecule has 0 atom stereocenters. The lowest BCUT2D eigenvalue weighted by Crippen LogP contribution is -2.19. The summed E-state index contributed by atoms with van der Waals surface area (Å²) in [5.74, 6) is -1.64. The second-order valence-electron chi connectivity index (χ2n) is 5.26. The van der Waals surface area contributed by atoms with Gasteiger partial charge in [0.1, 0.15) is 0 Å². The van der Waals surface area contributed by atoms with Crippen LogP contribution < -0.4 is 4.74 Å². The van der Waals surface area contributed by atoms with Crippen LogP contribution in [0.3, 0.4) is 0 Å². The third kappa shape index (κ3) is 4.22. The average molecular weight is 302 g/mol. The summed E-state index contributed by atoms with van der Waals surface area (Å²) in [6, 6.07) is 2.60. The number of fused-ring (bicyclic) bond motifs is 1. The molecule has 0 amide bonds. The molecule has 0 saturated carbocycles. The molecule has 116 valence electrons. The zero-order chi connectivity index (χ0) is 15.5. The molecule has 0 spiro atoms. The summed E-state index contributed by atoms with van der Waals surface area (Å²) < 4.78 is 54.3. The molecule has 0 fully saturated rings. The molecule has 21 heavy (non-hydrogen) atoms. The van der Waals surface area contributed by atoms with Crippen LogP contribution in [0.15, 0.2) is 23.8 Å². The molecule has 1 aliphatic rings. The molecule has 5 heteroatoms. The van der Waals surface area contributed by atoms with E-state index in [4.69, 9.17) is 0 Å². The Balaban J connectivity index is 2.11. The van der Waals surface area contributed by atoms with Crippen molar-refractivity contribution in [2.24, 2.45) is 0 Å². The van der Waals surface area contributed by atoms with E-state index in [1.54, 1.807) is 0 Å². The van der Waals surface area contributed by atoms with Crippen molar-refractivity contribution >= 4 is 0 Å². The summed E-state index contributed by atoms with van der Waals surface area (Å²) in [6.45, 7) is 2.13. The number of hydrogen-bond donors (Lipinski definition) is 0. The van der Waals surface area contributed by atoms with Gasteiger partial charge in [0.05, 0.1) is 0 Å². The van der Waals surface area contributed by atoms with Gasteiger partial charge in [0.15, 0.2) is 11.6 Å². The highest BCUT2D eigenvalue weighted by Gasteiger charge is 2.33. The van der Waals surface area contributed by atoms with Crippen LogP contribution in [-0.2, 0) is 12.8 Å². The first kappa shape index (κ1) is 15.9. The first-order valence-corrected chi connectivity index (χ1v) is 7.14. The van der Waals surface area contributed by atoms with Gasteiger partial charge in [-0.05, 0) is 42.9 Å².